The van der Waals surface area contributed by atoms with Crippen molar-refractivity contribution >= 4 is 35.6 Å². The van der Waals surface area contributed by atoms with E-state index in [0.717, 1.165) is 29.2 Å². The summed E-state index contributed by atoms with van der Waals surface area (Å²) >= 11 is 6.30. The number of fused-ring (bicyclic) bond motifs is 1. The lowest BCUT2D eigenvalue weighted by atomic mass is 9.87. The number of nitrogens with one attached hydrogen (secondary N) is 1. The van der Waals surface area contributed by atoms with Crippen LogP contribution < -0.4 is 10.2 Å². The zero-order chi connectivity index (χ0) is 14.0. The number of amides is 1. The molecule has 0 aliphatic carbocycles. The van der Waals surface area contributed by atoms with Gasteiger partial charge >= 0.3 is 0 Å². The Morgan fingerprint density at radius 2 is 2.15 bits per heavy atom. The number of hydrogen-bond acceptors (Lipinski definition) is 2. The van der Waals surface area contributed by atoms with Crippen molar-refractivity contribution in [3.05, 3.63) is 28.8 Å². The molecule has 1 aromatic carbocycles. The largest absolute Gasteiger partial charge is 0.320 e. The number of carbonyl (C=O) groups is 1. The Morgan fingerprint density at radius 3 is 2.80 bits per heavy atom. The molecule has 0 radical (unpaired) electrons. The third-order valence-corrected chi connectivity index (χ3v) is 3.95. The first-order chi connectivity index (χ1) is 8.97. The van der Waals surface area contributed by atoms with E-state index in [4.69, 9.17) is 11.6 Å². The Bertz CT molecular complexity index is 489. The van der Waals surface area contributed by atoms with Crippen LogP contribution >= 0.6 is 24.0 Å². The minimum atomic E-state index is -0.0770. The molecule has 2 rings (SSSR count). The molecule has 1 aliphatic heterocycles. The fourth-order valence-electron chi connectivity index (χ4n) is 2.74. The van der Waals surface area contributed by atoms with E-state index in [0.29, 0.717) is 13.0 Å². The van der Waals surface area contributed by atoms with Crippen LogP contribution in [0, 0.1) is 0 Å². The summed E-state index contributed by atoms with van der Waals surface area (Å²) in [7, 11) is 1.90. The van der Waals surface area contributed by atoms with E-state index in [9.17, 15) is 4.79 Å². The van der Waals surface area contributed by atoms with Crippen molar-refractivity contribution in [3.63, 3.8) is 0 Å². The summed E-state index contributed by atoms with van der Waals surface area (Å²) in [5.74, 6) is 0.185. The predicted molar refractivity (Wildman–Crippen MR) is 87.2 cm³/mol. The van der Waals surface area contributed by atoms with E-state index in [-0.39, 0.29) is 23.7 Å². The molecule has 0 bridgehead atoms. The van der Waals surface area contributed by atoms with E-state index < -0.39 is 0 Å². The van der Waals surface area contributed by atoms with E-state index >= 15 is 0 Å². The van der Waals surface area contributed by atoms with Crippen LogP contribution in [-0.2, 0) is 10.2 Å². The lowest BCUT2D eigenvalue weighted by molar-refractivity contribution is -0.118. The number of anilines is 1. The summed E-state index contributed by atoms with van der Waals surface area (Å²) in [5.41, 5.74) is 2.00. The van der Waals surface area contributed by atoms with Gasteiger partial charge in [0.2, 0.25) is 5.91 Å². The second-order valence-electron chi connectivity index (χ2n) is 5.70. The van der Waals surface area contributed by atoms with Crippen molar-refractivity contribution in [1.82, 2.24) is 5.32 Å². The molecule has 112 valence electrons. The highest BCUT2D eigenvalue weighted by molar-refractivity contribution is 6.32. The third kappa shape index (κ3) is 3.27. The monoisotopic (exact) mass is 316 g/mol. The van der Waals surface area contributed by atoms with Crippen LogP contribution in [0.4, 0.5) is 5.69 Å². The zero-order valence-electron chi connectivity index (χ0n) is 12.2. The molecule has 0 saturated heterocycles. The van der Waals surface area contributed by atoms with Crippen LogP contribution in [0.3, 0.4) is 0 Å². The van der Waals surface area contributed by atoms with E-state index in [1.54, 1.807) is 0 Å². The average Bonchev–Trinajstić information content (AvgIpc) is 2.63. The Kier molecular flexibility index (Phi) is 5.87. The molecule has 0 unspecified atom stereocenters. The van der Waals surface area contributed by atoms with Crippen LogP contribution in [0.5, 0.6) is 0 Å². The normalized spacial score (nSPS) is 15.7. The summed E-state index contributed by atoms with van der Waals surface area (Å²) in [6, 6.07) is 5.81. The molecule has 1 aromatic rings. The summed E-state index contributed by atoms with van der Waals surface area (Å²) in [5, 5.41) is 3.82. The van der Waals surface area contributed by atoms with Gasteiger partial charge in [-0.3, -0.25) is 4.79 Å². The molecule has 0 fully saturated rings. The van der Waals surface area contributed by atoms with E-state index in [1.807, 2.05) is 30.1 Å². The first-order valence-corrected chi connectivity index (χ1v) is 7.09. The third-order valence-electron chi connectivity index (χ3n) is 3.63. The van der Waals surface area contributed by atoms with Gasteiger partial charge < -0.3 is 10.2 Å². The van der Waals surface area contributed by atoms with Gasteiger partial charge in [0.25, 0.3) is 0 Å². The molecule has 0 atom stereocenters. The number of hydrogen-bond donors (Lipinski definition) is 1. The molecular formula is C15H22Cl2N2O. The fourth-order valence-corrected chi connectivity index (χ4v) is 3.17. The number of nitrogens with zero attached hydrogens (tertiary/aromatic N) is 1. The van der Waals surface area contributed by atoms with Crippen molar-refractivity contribution in [1.29, 1.82) is 0 Å². The molecule has 0 aromatic heterocycles. The van der Waals surface area contributed by atoms with Crippen molar-refractivity contribution in [2.24, 2.45) is 0 Å². The van der Waals surface area contributed by atoms with Gasteiger partial charge in [-0.2, -0.15) is 0 Å². The molecule has 1 amide bonds. The van der Waals surface area contributed by atoms with Crippen molar-refractivity contribution in [3.8, 4) is 0 Å². The predicted octanol–water partition coefficient (Wildman–Crippen LogP) is 3.39. The highest BCUT2D eigenvalue weighted by atomic mass is 35.5. The Balaban J connectivity index is 0.00000200. The highest BCUT2D eigenvalue weighted by Crippen LogP contribution is 2.44. The summed E-state index contributed by atoms with van der Waals surface area (Å²) in [4.78, 5) is 14.2. The van der Waals surface area contributed by atoms with Crippen LogP contribution in [-0.4, -0.2) is 26.0 Å². The Labute approximate surface area is 132 Å². The van der Waals surface area contributed by atoms with Crippen LogP contribution in [0.25, 0.3) is 0 Å². The van der Waals surface area contributed by atoms with Gasteiger partial charge in [0.15, 0.2) is 0 Å². The summed E-state index contributed by atoms with van der Waals surface area (Å²) < 4.78 is 0. The van der Waals surface area contributed by atoms with Crippen molar-refractivity contribution < 1.29 is 4.79 Å². The van der Waals surface area contributed by atoms with Crippen molar-refractivity contribution in [2.75, 3.05) is 25.0 Å². The van der Waals surface area contributed by atoms with Crippen LogP contribution in [0.15, 0.2) is 18.2 Å². The van der Waals surface area contributed by atoms with Gasteiger partial charge in [-0.15, -0.1) is 12.4 Å². The topological polar surface area (TPSA) is 32.3 Å². The first kappa shape index (κ1) is 17.3. The number of rotatable bonds is 4. The molecule has 0 spiro atoms. The van der Waals surface area contributed by atoms with E-state index in [2.05, 4.69) is 19.2 Å². The summed E-state index contributed by atoms with van der Waals surface area (Å²) in [6.07, 6.45) is 1.44. The Hall–Kier alpha value is -0.770. The number of carbonyl (C=O) groups excluding carboxylic acids is 1. The standard InChI is InChI=1S/C15H21ClN2O.ClH/c1-15(2)10-18(13(19)8-5-9-17-3)12-7-4-6-11(16)14(12)15;/h4,6-7,17H,5,8-10H2,1-3H3;1H. The Morgan fingerprint density at radius 1 is 1.45 bits per heavy atom. The molecule has 0 saturated carbocycles. The number of benzene rings is 1. The van der Waals surface area contributed by atoms with Gasteiger partial charge in [0.05, 0.1) is 0 Å². The molecule has 3 nitrogen and oxygen atoms in total. The molecule has 1 heterocycles. The molecule has 1 N–H and O–H groups in total. The molecular weight excluding hydrogens is 295 g/mol. The lowest BCUT2D eigenvalue weighted by Crippen LogP contribution is -2.34. The quantitative estimate of drug-likeness (QED) is 0.864. The van der Waals surface area contributed by atoms with E-state index in [1.165, 1.54) is 0 Å². The zero-order valence-corrected chi connectivity index (χ0v) is 13.8. The second kappa shape index (κ2) is 6.79. The van der Waals surface area contributed by atoms with Gasteiger partial charge in [0.1, 0.15) is 0 Å². The molecule has 5 heteroatoms. The average molecular weight is 317 g/mol. The van der Waals surface area contributed by atoms with Gasteiger partial charge in [-0.25, -0.2) is 0 Å². The maximum absolute atomic E-state index is 12.3. The maximum atomic E-state index is 12.3. The first-order valence-electron chi connectivity index (χ1n) is 6.71. The summed E-state index contributed by atoms with van der Waals surface area (Å²) in [6.45, 7) is 5.85. The van der Waals surface area contributed by atoms with Crippen molar-refractivity contribution in [2.45, 2.75) is 32.1 Å². The van der Waals surface area contributed by atoms with Crippen LogP contribution in [0.1, 0.15) is 32.3 Å². The smallest absolute Gasteiger partial charge is 0.227 e. The number of halogens is 2. The molecule has 20 heavy (non-hydrogen) atoms. The minimum absolute atomic E-state index is 0. The maximum Gasteiger partial charge on any atom is 0.227 e. The van der Waals surface area contributed by atoms with Crippen LogP contribution in [0.2, 0.25) is 5.02 Å². The van der Waals surface area contributed by atoms with Gasteiger partial charge in [-0.1, -0.05) is 31.5 Å². The fraction of sp³-hybridized carbons (Fsp3) is 0.533. The second-order valence-corrected chi connectivity index (χ2v) is 6.11. The van der Waals surface area contributed by atoms with Gasteiger partial charge in [-0.05, 0) is 32.1 Å². The SMILES string of the molecule is CNCCCC(=O)N1CC(C)(C)c2c(Cl)cccc21.Cl. The highest BCUT2D eigenvalue weighted by Gasteiger charge is 2.39. The molecule has 1 aliphatic rings. The lowest BCUT2D eigenvalue weighted by Gasteiger charge is -2.21. The van der Waals surface area contributed by atoms with Gasteiger partial charge in [0, 0.05) is 34.7 Å². The minimum Gasteiger partial charge on any atom is -0.320 e.